The molecule has 0 spiro atoms. The summed E-state index contributed by atoms with van der Waals surface area (Å²) >= 11 is 1.65. The third kappa shape index (κ3) is 6.48. The zero-order valence-corrected chi connectivity index (χ0v) is 19.4. The minimum Gasteiger partial charge on any atom is -0.361 e. The van der Waals surface area contributed by atoms with E-state index in [9.17, 15) is 0 Å². The lowest BCUT2D eigenvalue weighted by Crippen LogP contribution is -2.37. The molecule has 2 heterocycles. The Hall–Kier alpha value is -2.03. The standard InChI is InChI=1S/C20H35N7OS/c1-7-16-15(17(8-2)28-26-16)12-23-19(21-5)22-11-9-10-18-24-25-20(29-6)27(18)13-14(3)4/h14H,7-13H2,1-6H3,(H2,21,22,23). The molecule has 0 amide bonds. The van der Waals surface area contributed by atoms with Crippen molar-refractivity contribution in [2.45, 2.75) is 71.6 Å². The number of nitrogens with zero attached hydrogens (tertiary/aromatic N) is 5. The number of thioether (sulfide) groups is 1. The predicted molar refractivity (Wildman–Crippen MR) is 118 cm³/mol. The summed E-state index contributed by atoms with van der Waals surface area (Å²) in [6.45, 7) is 11.0. The third-order valence-electron chi connectivity index (χ3n) is 4.66. The SMILES string of the molecule is CCc1noc(CC)c1CNC(=NC)NCCCc1nnc(SC)n1CC(C)C. The fourth-order valence-electron chi connectivity index (χ4n) is 3.19. The number of nitrogens with one attached hydrogen (secondary N) is 2. The first-order valence-corrected chi connectivity index (χ1v) is 11.6. The Morgan fingerprint density at radius 1 is 1.21 bits per heavy atom. The summed E-state index contributed by atoms with van der Waals surface area (Å²) in [7, 11) is 1.79. The van der Waals surface area contributed by atoms with Crippen LogP contribution in [0.3, 0.4) is 0 Å². The number of hydrogen-bond acceptors (Lipinski definition) is 6. The van der Waals surface area contributed by atoms with E-state index in [1.165, 1.54) is 0 Å². The molecule has 162 valence electrons. The first-order valence-electron chi connectivity index (χ1n) is 10.4. The van der Waals surface area contributed by atoms with Crippen LogP contribution in [0.25, 0.3) is 0 Å². The maximum atomic E-state index is 5.43. The first kappa shape index (κ1) is 23.3. The van der Waals surface area contributed by atoms with E-state index in [1.54, 1.807) is 18.8 Å². The zero-order chi connectivity index (χ0) is 21.2. The molecule has 0 bridgehead atoms. The number of hydrogen-bond donors (Lipinski definition) is 2. The molecule has 0 aliphatic rings. The van der Waals surface area contributed by atoms with E-state index >= 15 is 0 Å². The van der Waals surface area contributed by atoms with Gasteiger partial charge in [0.1, 0.15) is 11.6 Å². The number of rotatable bonds is 11. The van der Waals surface area contributed by atoms with Crippen molar-refractivity contribution in [2.75, 3.05) is 19.8 Å². The first-order chi connectivity index (χ1) is 14.0. The molecule has 0 radical (unpaired) electrons. The summed E-state index contributed by atoms with van der Waals surface area (Å²) in [6.07, 6.45) is 5.59. The average molecular weight is 422 g/mol. The van der Waals surface area contributed by atoms with E-state index in [-0.39, 0.29) is 0 Å². The van der Waals surface area contributed by atoms with Gasteiger partial charge in [0.25, 0.3) is 0 Å². The van der Waals surface area contributed by atoms with Crippen LogP contribution in [0.2, 0.25) is 0 Å². The van der Waals surface area contributed by atoms with Gasteiger partial charge in [-0.1, -0.05) is 44.6 Å². The molecule has 0 aliphatic heterocycles. The molecule has 2 aromatic rings. The third-order valence-corrected chi connectivity index (χ3v) is 5.32. The van der Waals surface area contributed by atoms with Crippen LogP contribution in [0.4, 0.5) is 0 Å². The molecule has 0 aliphatic carbocycles. The molecular weight excluding hydrogens is 386 g/mol. The Balaban J connectivity index is 1.84. The lowest BCUT2D eigenvalue weighted by atomic mass is 10.1. The second kappa shape index (κ2) is 11.8. The Morgan fingerprint density at radius 3 is 2.62 bits per heavy atom. The van der Waals surface area contributed by atoms with Crippen LogP contribution in [0.5, 0.6) is 0 Å². The van der Waals surface area contributed by atoms with Gasteiger partial charge in [0.05, 0.1) is 5.69 Å². The van der Waals surface area contributed by atoms with Crippen molar-refractivity contribution >= 4 is 17.7 Å². The maximum absolute atomic E-state index is 5.43. The van der Waals surface area contributed by atoms with Crippen LogP contribution in [0.15, 0.2) is 14.7 Å². The monoisotopic (exact) mass is 421 g/mol. The van der Waals surface area contributed by atoms with Gasteiger partial charge in [0.15, 0.2) is 11.1 Å². The molecule has 2 aromatic heterocycles. The van der Waals surface area contributed by atoms with Crippen molar-refractivity contribution in [1.82, 2.24) is 30.6 Å². The van der Waals surface area contributed by atoms with Crippen LogP contribution < -0.4 is 10.6 Å². The molecular formula is C20H35N7OS. The van der Waals surface area contributed by atoms with E-state index < -0.39 is 0 Å². The van der Waals surface area contributed by atoms with E-state index in [0.717, 1.165) is 72.7 Å². The Morgan fingerprint density at radius 2 is 2.00 bits per heavy atom. The summed E-state index contributed by atoms with van der Waals surface area (Å²) in [5.74, 6) is 3.34. The van der Waals surface area contributed by atoms with E-state index in [0.29, 0.717) is 12.5 Å². The van der Waals surface area contributed by atoms with Gasteiger partial charge >= 0.3 is 0 Å². The normalized spacial score (nSPS) is 12.0. The highest BCUT2D eigenvalue weighted by Gasteiger charge is 2.14. The molecule has 2 rings (SSSR count). The molecule has 9 heteroatoms. The molecule has 0 aromatic carbocycles. The minimum atomic E-state index is 0.565. The van der Waals surface area contributed by atoms with Crippen molar-refractivity contribution < 1.29 is 4.52 Å². The van der Waals surface area contributed by atoms with Gasteiger partial charge in [-0.15, -0.1) is 10.2 Å². The number of aliphatic imine (C=N–C) groups is 1. The number of aromatic nitrogens is 4. The summed E-state index contributed by atoms with van der Waals surface area (Å²) < 4.78 is 7.67. The van der Waals surface area contributed by atoms with Gasteiger partial charge in [-0.05, 0) is 25.0 Å². The second-order valence-electron chi connectivity index (χ2n) is 7.30. The topological polar surface area (TPSA) is 93.2 Å². The zero-order valence-electron chi connectivity index (χ0n) is 18.6. The molecule has 0 unspecified atom stereocenters. The Labute approximate surface area is 178 Å². The summed E-state index contributed by atoms with van der Waals surface area (Å²) in [4.78, 5) is 4.32. The second-order valence-corrected chi connectivity index (χ2v) is 8.07. The Kier molecular flexibility index (Phi) is 9.50. The molecule has 0 saturated carbocycles. The van der Waals surface area contributed by atoms with Crippen LogP contribution in [0, 0.1) is 5.92 Å². The molecule has 2 N–H and O–H groups in total. The highest BCUT2D eigenvalue weighted by Crippen LogP contribution is 2.17. The maximum Gasteiger partial charge on any atom is 0.191 e. The van der Waals surface area contributed by atoms with Crippen LogP contribution in [0.1, 0.15) is 57.0 Å². The quantitative estimate of drug-likeness (QED) is 0.249. The van der Waals surface area contributed by atoms with E-state index in [1.807, 2.05) is 6.26 Å². The van der Waals surface area contributed by atoms with Crippen LogP contribution in [-0.2, 0) is 32.4 Å². The van der Waals surface area contributed by atoms with Gasteiger partial charge in [0, 0.05) is 45.1 Å². The van der Waals surface area contributed by atoms with E-state index in [2.05, 4.69) is 63.2 Å². The van der Waals surface area contributed by atoms with Gasteiger partial charge in [-0.2, -0.15) is 0 Å². The highest BCUT2D eigenvalue weighted by atomic mass is 32.2. The van der Waals surface area contributed by atoms with Crippen LogP contribution >= 0.6 is 11.8 Å². The summed E-state index contributed by atoms with van der Waals surface area (Å²) in [6, 6.07) is 0. The molecule has 0 saturated heterocycles. The number of aryl methyl sites for hydroxylation is 3. The highest BCUT2D eigenvalue weighted by molar-refractivity contribution is 7.98. The fraction of sp³-hybridized carbons (Fsp3) is 0.700. The lowest BCUT2D eigenvalue weighted by molar-refractivity contribution is 0.380. The van der Waals surface area contributed by atoms with Crippen molar-refractivity contribution in [3.05, 3.63) is 22.8 Å². The fourth-order valence-corrected chi connectivity index (χ4v) is 3.71. The predicted octanol–water partition coefficient (Wildman–Crippen LogP) is 3.07. The van der Waals surface area contributed by atoms with Crippen molar-refractivity contribution in [3.8, 4) is 0 Å². The van der Waals surface area contributed by atoms with Gasteiger partial charge in [-0.25, -0.2) is 0 Å². The van der Waals surface area contributed by atoms with Gasteiger partial charge < -0.3 is 19.7 Å². The minimum absolute atomic E-state index is 0.565. The summed E-state index contributed by atoms with van der Waals surface area (Å²) in [5, 5.41) is 20.6. The van der Waals surface area contributed by atoms with Crippen LogP contribution in [-0.4, -0.2) is 45.7 Å². The largest absolute Gasteiger partial charge is 0.361 e. The Bertz CT molecular complexity index is 760. The van der Waals surface area contributed by atoms with Gasteiger partial charge in [0.2, 0.25) is 0 Å². The van der Waals surface area contributed by atoms with Crippen molar-refractivity contribution in [2.24, 2.45) is 10.9 Å². The molecule has 29 heavy (non-hydrogen) atoms. The summed E-state index contributed by atoms with van der Waals surface area (Å²) in [5.41, 5.74) is 2.16. The smallest absolute Gasteiger partial charge is 0.191 e. The van der Waals surface area contributed by atoms with Gasteiger partial charge in [-0.3, -0.25) is 4.99 Å². The van der Waals surface area contributed by atoms with Crippen molar-refractivity contribution in [3.63, 3.8) is 0 Å². The molecule has 0 atom stereocenters. The van der Waals surface area contributed by atoms with Crippen molar-refractivity contribution in [1.29, 1.82) is 0 Å². The van der Waals surface area contributed by atoms with E-state index in [4.69, 9.17) is 4.52 Å². The lowest BCUT2D eigenvalue weighted by Gasteiger charge is -2.13. The molecule has 8 nitrogen and oxygen atoms in total. The molecule has 0 fully saturated rings. The number of guanidine groups is 1. The average Bonchev–Trinajstić information content (AvgIpc) is 3.30.